The maximum Gasteiger partial charge on any atom is 0.247 e. The lowest BCUT2D eigenvalue weighted by Crippen LogP contribution is -2.34. The largest absolute Gasteiger partial charge is 0.396 e. The number of aliphatic hydroxyl groups is 1. The zero-order valence-electron chi connectivity index (χ0n) is 7.71. The van der Waals surface area contributed by atoms with Gasteiger partial charge in [0.15, 0.2) is 0 Å². The molecule has 0 bridgehead atoms. The predicted octanol–water partition coefficient (Wildman–Crippen LogP) is 2.03. The molecule has 1 nitrogen and oxygen atoms in total. The SMILES string of the molecule is OCC1(C(F)F)Cc2ccccc2C1. The van der Waals surface area contributed by atoms with Crippen molar-refractivity contribution in [1.82, 2.24) is 0 Å². The van der Waals surface area contributed by atoms with E-state index in [1.165, 1.54) is 0 Å². The number of alkyl halides is 2. The Morgan fingerprint density at radius 3 is 2.07 bits per heavy atom. The summed E-state index contributed by atoms with van der Waals surface area (Å²) in [5, 5.41) is 9.08. The molecule has 1 N–H and O–H groups in total. The number of halogens is 2. The van der Waals surface area contributed by atoms with Crippen LogP contribution in [0.15, 0.2) is 24.3 Å². The second-order valence-electron chi connectivity index (χ2n) is 3.94. The topological polar surface area (TPSA) is 20.2 Å². The maximum absolute atomic E-state index is 12.8. The number of benzene rings is 1. The molecular formula is C11H12F2O. The molecule has 0 heterocycles. The summed E-state index contributed by atoms with van der Waals surface area (Å²) >= 11 is 0. The van der Waals surface area contributed by atoms with Gasteiger partial charge in [0.05, 0.1) is 12.0 Å². The lowest BCUT2D eigenvalue weighted by Gasteiger charge is -2.24. The van der Waals surface area contributed by atoms with Crippen molar-refractivity contribution in [3.8, 4) is 0 Å². The average Bonchev–Trinajstić information content (AvgIpc) is 2.57. The van der Waals surface area contributed by atoms with Gasteiger partial charge in [-0.15, -0.1) is 0 Å². The molecule has 3 heteroatoms. The Morgan fingerprint density at radius 1 is 1.21 bits per heavy atom. The monoisotopic (exact) mass is 198 g/mol. The third-order valence-corrected chi connectivity index (χ3v) is 2.98. The summed E-state index contributed by atoms with van der Waals surface area (Å²) in [5.41, 5.74) is 0.660. The lowest BCUT2D eigenvalue weighted by molar-refractivity contribution is -0.0355. The highest BCUT2D eigenvalue weighted by atomic mass is 19.3. The third kappa shape index (κ3) is 1.32. The van der Waals surface area contributed by atoms with Crippen LogP contribution in [0.25, 0.3) is 0 Å². The van der Waals surface area contributed by atoms with Gasteiger partial charge >= 0.3 is 0 Å². The van der Waals surface area contributed by atoms with Crippen LogP contribution in [0.5, 0.6) is 0 Å². The summed E-state index contributed by atoms with van der Waals surface area (Å²) in [6.07, 6.45) is -1.88. The molecule has 0 saturated heterocycles. The van der Waals surface area contributed by atoms with E-state index in [1.54, 1.807) is 0 Å². The van der Waals surface area contributed by atoms with E-state index in [-0.39, 0.29) is 12.8 Å². The van der Waals surface area contributed by atoms with E-state index in [0.29, 0.717) is 0 Å². The molecule has 1 aliphatic carbocycles. The third-order valence-electron chi connectivity index (χ3n) is 2.98. The van der Waals surface area contributed by atoms with Crippen LogP contribution in [0, 0.1) is 5.41 Å². The molecule has 14 heavy (non-hydrogen) atoms. The van der Waals surface area contributed by atoms with Crippen molar-refractivity contribution in [1.29, 1.82) is 0 Å². The minimum Gasteiger partial charge on any atom is -0.396 e. The van der Waals surface area contributed by atoms with Crippen LogP contribution >= 0.6 is 0 Å². The van der Waals surface area contributed by atoms with Crippen LogP contribution in [0.3, 0.4) is 0 Å². The molecule has 0 unspecified atom stereocenters. The summed E-state index contributed by atoms with van der Waals surface area (Å²) in [5.74, 6) is 0. The molecule has 0 aromatic heterocycles. The fourth-order valence-electron chi connectivity index (χ4n) is 2.06. The number of aliphatic hydroxyl groups excluding tert-OH is 1. The van der Waals surface area contributed by atoms with Crippen molar-refractivity contribution < 1.29 is 13.9 Å². The van der Waals surface area contributed by atoms with Gasteiger partial charge in [0.25, 0.3) is 0 Å². The van der Waals surface area contributed by atoms with Gasteiger partial charge in [0.1, 0.15) is 0 Å². The lowest BCUT2D eigenvalue weighted by atomic mass is 9.86. The van der Waals surface area contributed by atoms with E-state index in [4.69, 9.17) is 5.11 Å². The van der Waals surface area contributed by atoms with Crippen LogP contribution in [-0.2, 0) is 12.8 Å². The first kappa shape index (κ1) is 9.59. The zero-order chi connectivity index (χ0) is 10.2. The van der Waals surface area contributed by atoms with Gasteiger partial charge < -0.3 is 5.11 Å². The summed E-state index contributed by atoms with van der Waals surface area (Å²) < 4.78 is 25.6. The maximum atomic E-state index is 12.8. The van der Waals surface area contributed by atoms with Gasteiger partial charge in [-0.2, -0.15) is 0 Å². The highest BCUT2D eigenvalue weighted by molar-refractivity contribution is 5.34. The molecule has 1 aromatic rings. The molecule has 0 aliphatic heterocycles. The van der Waals surface area contributed by atoms with E-state index in [1.807, 2.05) is 24.3 Å². The van der Waals surface area contributed by atoms with E-state index < -0.39 is 18.4 Å². The second-order valence-corrected chi connectivity index (χ2v) is 3.94. The van der Waals surface area contributed by atoms with Crippen LogP contribution < -0.4 is 0 Å². The van der Waals surface area contributed by atoms with Crippen LogP contribution in [-0.4, -0.2) is 18.1 Å². The Balaban J connectivity index is 2.32. The van der Waals surface area contributed by atoms with Crippen molar-refractivity contribution >= 4 is 0 Å². The first-order valence-corrected chi connectivity index (χ1v) is 4.64. The van der Waals surface area contributed by atoms with Gasteiger partial charge in [-0.1, -0.05) is 24.3 Å². The first-order chi connectivity index (χ1) is 6.68. The Bertz CT molecular complexity index is 311. The fourth-order valence-corrected chi connectivity index (χ4v) is 2.06. The Morgan fingerprint density at radius 2 is 1.71 bits per heavy atom. The first-order valence-electron chi connectivity index (χ1n) is 4.64. The summed E-state index contributed by atoms with van der Waals surface area (Å²) in [6, 6.07) is 7.40. The van der Waals surface area contributed by atoms with E-state index in [9.17, 15) is 8.78 Å². The standard InChI is InChI=1S/C11H12F2O/c12-10(13)11(7-14)5-8-3-1-2-4-9(8)6-11/h1-4,10,14H,5-7H2. The Labute approximate surface area is 81.4 Å². The van der Waals surface area contributed by atoms with Crippen molar-refractivity contribution in [2.75, 3.05) is 6.61 Å². The number of hydrogen-bond acceptors (Lipinski definition) is 1. The van der Waals surface area contributed by atoms with E-state index in [2.05, 4.69) is 0 Å². The molecule has 0 radical (unpaired) electrons. The van der Waals surface area contributed by atoms with Crippen molar-refractivity contribution in [3.05, 3.63) is 35.4 Å². The summed E-state index contributed by atoms with van der Waals surface area (Å²) in [6.45, 7) is -0.445. The van der Waals surface area contributed by atoms with Gasteiger partial charge in [-0.3, -0.25) is 0 Å². The van der Waals surface area contributed by atoms with E-state index >= 15 is 0 Å². The molecule has 2 rings (SSSR count). The van der Waals surface area contributed by atoms with Gasteiger partial charge in [-0.25, -0.2) is 8.78 Å². The van der Waals surface area contributed by atoms with E-state index in [0.717, 1.165) is 11.1 Å². The minimum atomic E-state index is -2.46. The molecule has 1 aliphatic rings. The molecule has 0 saturated carbocycles. The average molecular weight is 198 g/mol. The predicted molar refractivity (Wildman–Crippen MR) is 49.4 cm³/mol. The van der Waals surface area contributed by atoms with Crippen molar-refractivity contribution in [2.24, 2.45) is 5.41 Å². The fraction of sp³-hybridized carbons (Fsp3) is 0.455. The van der Waals surface area contributed by atoms with Gasteiger partial charge in [0, 0.05) is 0 Å². The Hall–Kier alpha value is -0.960. The van der Waals surface area contributed by atoms with Gasteiger partial charge in [0.2, 0.25) is 6.43 Å². The Kier molecular flexibility index (Phi) is 2.27. The molecule has 0 spiro atoms. The molecule has 76 valence electrons. The summed E-state index contributed by atoms with van der Waals surface area (Å²) in [7, 11) is 0. The number of hydrogen-bond donors (Lipinski definition) is 1. The highest BCUT2D eigenvalue weighted by Crippen LogP contribution is 2.41. The quantitative estimate of drug-likeness (QED) is 0.770. The van der Waals surface area contributed by atoms with Crippen molar-refractivity contribution in [3.63, 3.8) is 0 Å². The normalized spacial score (nSPS) is 18.6. The number of rotatable bonds is 2. The van der Waals surface area contributed by atoms with Crippen LogP contribution in [0.4, 0.5) is 8.78 Å². The molecule has 0 atom stereocenters. The summed E-state index contributed by atoms with van der Waals surface area (Å²) in [4.78, 5) is 0. The van der Waals surface area contributed by atoms with Crippen molar-refractivity contribution in [2.45, 2.75) is 19.3 Å². The minimum absolute atomic E-state index is 0.289. The molecule has 0 fully saturated rings. The molecule has 0 amide bonds. The smallest absolute Gasteiger partial charge is 0.247 e. The number of fused-ring (bicyclic) bond motifs is 1. The second kappa shape index (κ2) is 3.31. The zero-order valence-corrected chi connectivity index (χ0v) is 7.71. The van der Waals surface area contributed by atoms with Crippen LogP contribution in [0.1, 0.15) is 11.1 Å². The highest BCUT2D eigenvalue weighted by Gasteiger charge is 2.44. The molecule has 1 aromatic carbocycles. The van der Waals surface area contributed by atoms with Gasteiger partial charge in [-0.05, 0) is 24.0 Å². The molecular weight excluding hydrogens is 186 g/mol. The van der Waals surface area contributed by atoms with Crippen LogP contribution in [0.2, 0.25) is 0 Å².